The number of benzene rings is 1. The predicted octanol–water partition coefficient (Wildman–Crippen LogP) is 4.65. The minimum Gasteiger partial charge on any atom is -0.256 e. The van der Waals surface area contributed by atoms with Crippen LogP contribution in [0.5, 0.6) is 0 Å². The van der Waals surface area contributed by atoms with Crippen molar-refractivity contribution < 1.29 is 13.2 Å². The first kappa shape index (κ1) is 13.5. The van der Waals surface area contributed by atoms with Crippen molar-refractivity contribution in [2.75, 3.05) is 0 Å². The number of nitrogens with zero attached hydrogens (tertiary/aromatic N) is 1. The van der Waals surface area contributed by atoms with E-state index in [2.05, 4.69) is 4.98 Å². The molecule has 1 aromatic heterocycles. The van der Waals surface area contributed by atoms with E-state index >= 15 is 0 Å². The van der Waals surface area contributed by atoms with E-state index in [1.54, 1.807) is 13.0 Å². The maximum atomic E-state index is 13.1. The van der Waals surface area contributed by atoms with Crippen LogP contribution in [0.15, 0.2) is 24.4 Å². The van der Waals surface area contributed by atoms with Gasteiger partial charge in [0.25, 0.3) is 6.43 Å². The van der Waals surface area contributed by atoms with Crippen LogP contribution in [0.2, 0.25) is 0 Å². The molecule has 0 spiro atoms. The van der Waals surface area contributed by atoms with Gasteiger partial charge in [0.1, 0.15) is 5.82 Å². The SMILES string of the molecule is CC.Cc1ccnc2c(C(F)F)cc(F)cc12. The number of halogens is 3. The summed E-state index contributed by atoms with van der Waals surface area (Å²) in [6.45, 7) is 5.73. The number of aryl methyl sites for hydroxylation is 1. The molecule has 1 heterocycles. The highest BCUT2D eigenvalue weighted by atomic mass is 19.3. The minimum atomic E-state index is -2.71. The smallest absolute Gasteiger partial charge is 0.256 e. The molecule has 0 aliphatic rings. The van der Waals surface area contributed by atoms with E-state index in [0.717, 1.165) is 11.6 Å². The standard InChI is InChI=1S/C11H8F3N.C2H6/c1-6-2-3-15-10-8(6)4-7(12)5-9(10)11(13)14;1-2/h2-5,11H,1H3;1-2H3. The molecule has 0 N–H and O–H groups in total. The highest BCUT2D eigenvalue weighted by Crippen LogP contribution is 2.28. The summed E-state index contributed by atoms with van der Waals surface area (Å²) in [5.41, 5.74) is 0.557. The summed E-state index contributed by atoms with van der Waals surface area (Å²) in [5, 5.41) is 0.438. The van der Waals surface area contributed by atoms with Gasteiger partial charge in [-0.15, -0.1) is 0 Å². The number of alkyl halides is 2. The Balaban J connectivity index is 0.000000686. The molecule has 0 amide bonds. The Kier molecular flexibility index (Phi) is 4.49. The Morgan fingerprint density at radius 3 is 2.41 bits per heavy atom. The molecular weight excluding hydrogens is 227 g/mol. The van der Waals surface area contributed by atoms with Gasteiger partial charge in [-0.1, -0.05) is 13.8 Å². The Hall–Kier alpha value is -1.58. The van der Waals surface area contributed by atoms with Gasteiger partial charge in [0, 0.05) is 17.1 Å². The van der Waals surface area contributed by atoms with E-state index in [1.165, 1.54) is 12.3 Å². The van der Waals surface area contributed by atoms with Crippen molar-refractivity contribution in [2.24, 2.45) is 0 Å². The minimum absolute atomic E-state index is 0.173. The molecule has 0 atom stereocenters. The topological polar surface area (TPSA) is 12.9 Å². The second-order valence-corrected chi connectivity index (χ2v) is 3.32. The van der Waals surface area contributed by atoms with E-state index < -0.39 is 12.2 Å². The van der Waals surface area contributed by atoms with Crippen LogP contribution >= 0.6 is 0 Å². The summed E-state index contributed by atoms with van der Waals surface area (Å²) in [7, 11) is 0. The van der Waals surface area contributed by atoms with Gasteiger partial charge in [-0.3, -0.25) is 4.98 Å². The molecule has 1 nitrogen and oxygen atoms in total. The Bertz CT molecular complexity index is 509. The predicted molar refractivity (Wildman–Crippen MR) is 62.7 cm³/mol. The molecule has 0 saturated carbocycles. The summed E-state index contributed by atoms with van der Waals surface area (Å²) in [5.74, 6) is -0.658. The molecule has 4 heteroatoms. The fourth-order valence-corrected chi connectivity index (χ4v) is 1.54. The van der Waals surface area contributed by atoms with Crippen molar-refractivity contribution in [3.8, 4) is 0 Å². The van der Waals surface area contributed by atoms with Crippen LogP contribution in [0.1, 0.15) is 31.4 Å². The number of rotatable bonds is 1. The summed E-state index contributed by atoms with van der Waals surface area (Å²) >= 11 is 0. The molecule has 0 bridgehead atoms. The zero-order chi connectivity index (χ0) is 13.0. The molecule has 0 radical (unpaired) electrons. The van der Waals surface area contributed by atoms with Crippen molar-refractivity contribution in [2.45, 2.75) is 27.2 Å². The summed E-state index contributed by atoms with van der Waals surface area (Å²) in [6, 6.07) is 3.72. The third kappa shape index (κ3) is 2.75. The molecule has 0 unspecified atom stereocenters. The molecule has 2 aromatic rings. The lowest BCUT2D eigenvalue weighted by molar-refractivity contribution is 0.152. The first-order chi connectivity index (χ1) is 8.09. The molecule has 0 aliphatic heterocycles. The summed E-state index contributed by atoms with van der Waals surface area (Å²) < 4.78 is 38.3. The Morgan fingerprint density at radius 2 is 1.82 bits per heavy atom. The van der Waals surface area contributed by atoms with E-state index in [9.17, 15) is 13.2 Å². The van der Waals surface area contributed by atoms with Crippen LogP contribution < -0.4 is 0 Å². The number of pyridine rings is 1. The number of aromatic nitrogens is 1. The second-order valence-electron chi connectivity index (χ2n) is 3.32. The van der Waals surface area contributed by atoms with Gasteiger partial charge in [0.15, 0.2) is 0 Å². The third-order valence-corrected chi connectivity index (χ3v) is 2.29. The summed E-state index contributed by atoms with van der Waals surface area (Å²) in [6.07, 6.45) is -1.26. The molecule has 0 fully saturated rings. The van der Waals surface area contributed by atoms with Crippen molar-refractivity contribution >= 4 is 10.9 Å². The molecule has 92 valence electrons. The van der Waals surface area contributed by atoms with Crippen LogP contribution in [-0.4, -0.2) is 4.98 Å². The molecule has 1 aromatic carbocycles. The average molecular weight is 241 g/mol. The average Bonchev–Trinajstić information content (AvgIpc) is 2.32. The molecule has 2 rings (SSSR count). The van der Waals surface area contributed by atoms with Gasteiger partial charge < -0.3 is 0 Å². The lowest BCUT2D eigenvalue weighted by Crippen LogP contribution is -1.93. The highest BCUT2D eigenvalue weighted by Gasteiger charge is 2.15. The van der Waals surface area contributed by atoms with Crippen LogP contribution in [0.4, 0.5) is 13.2 Å². The van der Waals surface area contributed by atoms with Gasteiger partial charge in [-0.25, -0.2) is 13.2 Å². The largest absolute Gasteiger partial charge is 0.266 e. The lowest BCUT2D eigenvalue weighted by atomic mass is 10.1. The van der Waals surface area contributed by atoms with Gasteiger partial charge in [0.2, 0.25) is 0 Å². The normalized spacial score (nSPS) is 10.3. The van der Waals surface area contributed by atoms with Crippen LogP contribution in [-0.2, 0) is 0 Å². The Labute approximate surface area is 98.3 Å². The zero-order valence-electron chi connectivity index (χ0n) is 9.97. The first-order valence-electron chi connectivity index (χ1n) is 5.42. The van der Waals surface area contributed by atoms with Gasteiger partial charge >= 0.3 is 0 Å². The molecule has 0 saturated heterocycles. The monoisotopic (exact) mass is 241 g/mol. The van der Waals surface area contributed by atoms with E-state index in [4.69, 9.17) is 0 Å². The van der Waals surface area contributed by atoms with Crippen LogP contribution in [0.3, 0.4) is 0 Å². The lowest BCUT2D eigenvalue weighted by Gasteiger charge is -2.06. The van der Waals surface area contributed by atoms with Crippen molar-refractivity contribution in [1.29, 1.82) is 0 Å². The van der Waals surface area contributed by atoms with Crippen LogP contribution in [0, 0.1) is 12.7 Å². The van der Waals surface area contributed by atoms with E-state index in [0.29, 0.717) is 5.39 Å². The maximum absolute atomic E-state index is 13.1. The number of fused-ring (bicyclic) bond motifs is 1. The molecule has 0 aliphatic carbocycles. The zero-order valence-corrected chi connectivity index (χ0v) is 9.97. The quantitative estimate of drug-likeness (QED) is 0.708. The van der Waals surface area contributed by atoms with E-state index in [-0.39, 0.29) is 11.1 Å². The van der Waals surface area contributed by atoms with Gasteiger partial charge in [0.05, 0.1) is 5.52 Å². The Morgan fingerprint density at radius 1 is 1.18 bits per heavy atom. The van der Waals surface area contributed by atoms with Crippen molar-refractivity contribution in [3.05, 3.63) is 41.3 Å². The van der Waals surface area contributed by atoms with E-state index in [1.807, 2.05) is 13.8 Å². The number of hydrogen-bond donors (Lipinski definition) is 0. The van der Waals surface area contributed by atoms with Crippen molar-refractivity contribution in [1.82, 2.24) is 4.98 Å². The highest BCUT2D eigenvalue weighted by molar-refractivity contribution is 5.84. The number of hydrogen-bond acceptors (Lipinski definition) is 1. The summed E-state index contributed by atoms with van der Waals surface area (Å²) in [4.78, 5) is 3.86. The maximum Gasteiger partial charge on any atom is 0.266 e. The fraction of sp³-hybridized carbons (Fsp3) is 0.308. The molecule has 17 heavy (non-hydrogen) atoms. The van der Waals surface area contributed by atoms with Crippen molar-refractivity contribution in [3.63, 3.8) is 0 Å². The van der Waals surface area contributed by atoms with Gasteiger partial charge in [-0.05, 0) is 30.7 Å². The van der Waals surface area contributed by atoms with Crippen LogP contribution in [0.25, 0.3) is 10.9 Å². The third-order valence-electron chi connectivity index (χ3n) is 2.29. The van der Waals surface area contributed by atoms with Gasteiger partial charge in [-0.2, -0.15) is 0 Å². The first-order valence-corrected chi connectivity index (χ1v) is 5.42. The fourth-order valence-electron chi connectivity index (χ4n) is 1.54. The second kappa shape index (κ2) is 5.66. The molecular formula is C13H14F3N.